The van der Waals surface area contributed by atoms with Gasteiger partial charge in [-0.3, -0.25) is 9.59 Å². The molecule has 0 amide bonds. The van der Waals surface area contributed by atoms with Crippen molar-refractivity contribution in [1.82, 2.24) is 0 Å². The molecule has 19 heavy (non-hydrogen) atoms. The van der Waals surface area contributed by atoms with Gasteiger partial charge in [0.15, 0.2) is 5.92 Å². The zero-order valence-corrected chi connectivity index (χ0v) is 12.7. The highest BCUT2D eigenvalue weighted by Gasteiger charge is 2.28. The Labute approximate surface area is 117 Å². The summed E-state index contributed by atoms with van der Waals surface area (Å²) in [5.74, 6) is -1.85. The molecule has 4 heteroatoms. The van der Waals surface area contributed by atoms with Crippen LogP contribution < -0.4 is 0 Å². The van der Waals surface area contributed by atoms with E-state index in [0.717, 1.165) is 0 Å². The second-order valence-corrected chi connectivity index (χ2v) is 3.92. The van der Waals surface area contributed by atoms with Crippen LogP contribution in [-0.4, -0.2) is 25.2 Å². The molecule has 0 unspecified atom stereocenters. The molecule has 0 heterocycles. The first-order valence-corrected chi connectivity index (χ1v) is 7.02. The normalized spacial score (nSPS) is 9.32. The second-order valence-electron chi connectivity index (χ2n) is 3.92. The molecule has 0 saturated heterocycles. The number of ether oxygens (including phenoxy) is 2. The molecule has 4 nitrogen and oxygen atoms in total. The van der Waals surface area contributed by atoms with Gasteiger partial charge in [0.25, 0.3) is 0 Å². The van der Waals surface area contributed by atoms with E-state index in [1.54, 1.807) is 19.9 Å². The van der Waals surface area contributed by atoms with Crippen LogP contribution in [0.4, 0.5) is 0 Å². The van der Waals surface area contributed by atoms with Crippen molar-refractivity contribution < 1.29 is 19.1 Å². The first kappa shape index (κ1) is 20.0. The van der Waals surface area contributed by atoms with E-state index in [4.69, 9.17) is 9.47 Å². The molecule has 0 aliphatic carbocycles. The van der Waals surface area contributed by atoms with Crippen LogP contribution >= 0.6 is 0 Å². The van der Waals surface area contributed by atoms with Crippen molar-refractivity contribution in [2.24, 2.45) is 5.92 Å². The first-order chi connectivity index (χ1) is 9.08. The lowest BCUT2D eigenvalue weighted by Gasteiger charge is -2.12. The zero-order chi connectivity index (χ0) is 15.1. The molecule has 0 fully saturated rings. The molecular weight excluding hydrogens is 244 g/mol. The summed E-state index contributed by atoms with van der Waals surface area (Å²) >= 11 is 0. The summed E-state index contributed by atoms with van der Waals surface area (Å²) in [5, 5.41) is 0. The maximum atomic E-state index is 11.4. The van der Waals surface area contributed by atoms with Crippen molar-refractivity contribution in [3.8, 4) is 0 Å². The third-order valence-corrected chi connectivity index (χ3v) is 2.30. The van der Waals surface area contributed by atoms with Crippen LogP contribution in [0.2, 0.25) is 0 Å². The fraction of sp³-hybridized carbons (Fsp3) is 0.733. The van der Waals surface area contributed by atoms with Crippen molar-refractivity contribution in [1.29, 1.82) is 0 Å². The van der Waals surface area contributed by atoms with E-state index in [2.05, 4.69) is 20.4 Å². The number of hydrogen-bond acceptors (Lipinski definition) is 4. The van der Waals surface area contributed by atoms with Gasteiger partial charge in [-0.1, -0.05) is 32.8 Å². The van der Waals surface area contributed by atoms with E-state index in [1.165, 1.54) is 12.8 Å². The summed E-state index contributed by atoms with van der Waals surface area (Å²) < 4.78 is 9.59. The first-order valence-electron chi connectivity index (χ1n) is 7.02. The van der Waals surface area contributed by atoms with E-state index in [0.29, 0.717) is 12.8 Å². The molecule has 112 valence electrons. The zero-order valence-electron chi connectivity index (χ0n) is 12.7. The van der Waals surface area contributed by atoms with Gasteiger partial charge < -0.3 is 9.47 Å². The standard InChI is InChI=1S/C11H18O4.C4H10/c1-4-7-8-9(10(12)14-5-2)11(13)15-6-3;1-3-4-2/h4,9H,1,5-8H2,2-3H3;3-4H2,1-2H3. The molecule has 0 aromatic rings. The second kappa shape index (κ2) is 14.7. The van der Waals surface area contributed by atoms with Gasteiger partial charge in [0.05, 0.1) is 13.2 Å². The summed E-state index contributed by atoms with van der Waals surface area (Å²) in [6.45, 7) is 11.8. The van der Waals surface area contributed by atoms with E-state index >= 15 is 0 Å². The minimum Gasteiger partial charge on any atom is -0.465 e. The summed E-state index contributed by atoms with van der Waals surface area (Å²) in [6.07, 6.45) is 5.27. The Balaban J connectivity index is 0. The molecule has 0 aliphatic rings. The minimum atomic E-state index is -0.817. The molecule has 0 atom stereocenters. The summed E-state index contributed by atoms with van der Waals surface area (Å²) in [4.78, 5) is 22.8. The van der Waals surface area contributed by atoms with E-state index in [-0.39, 0.29) is 13.2 Å². The van der Waals surface area contributed by atoms with Gasteiger partial charge in [-0.25, -0.2) is 0 Å². The van der Waals surface area contributed by atoms with Crippen LogP contribution in [0.1, 0.15) is 53.4 Å². The highest BCUT2D eigenvalue weighted by Crippen LogP contribution is 2.11. The topological polar surface area (TPSA) is 52.6 Å². The Morgan fingerprint density at radius 3 is 1.68 bits per heavy atom. The molecule has 0 rings (SSSR count). The SMILES string of the molecule is C=CCCC(C(=O)OCC)C(=O)OCC.CCCC. The molecular formula is C15H28O4. The third kappa shape index (κ3) is 11.5. The largest absolute Gasteiger partial charge is 0.465 e. The van der Waals surface area contributed by atoms with Crippen molar-refractivity contribution in [2.45, 2.75) is 53.4 Å². The van der Waals surface area contributed by atoms with Crippen LogP contribution in [-0.2, 0) is 19.1 Å². The molecule has 0 radical (unpaired) electrons. The number of esters is 2. The van der Waals surface area contributed by atoms with Crippen LogP contribution in [0.5, 0.6) is 0 Å². The highest BCUT2D eigenvalue weighted by molar-refractivity contribution is 5.94. The average molecular weight is 272 g/mol. The number of rotatable bonds is 8. The highest BCUT2D eigenvalue weighted by atomic mass is 16.6. The number of carbonyl (C=O) groups excluding carboxylic acids is 2. The molecule has 0 aliphatic heterocycles. The van der Waals surface area contributed by atoms with Crippen molar-refractivity contribution >= 4 is 11.9 Å². The predicted octanol–water partition coefficient (Wildman–Crippen LogP) is 3.50. The van der Waals surface area contributed by atoms with Gasteiger partial charge in [0, 0.05) is 0 Å². The van der Waals surface area contributed by atoms with Gasteiger partial charge in [-0.15, -0.1) is 6.58 Å². The lowest BCUT2D eigenvalue weighted by molar-refractivity contribution is -0.161. The Kier molecular flexibility index (Phi) is 15.5. The average Bonchev–Trinajstić information content (AvgIpc) is 2.40. The van der Waals surface area contributed by atoms with E-state index < -0.39 is 17.9 Å². The van der Waals surface area contributed by atoms with Crippen molar-refractivity contribution in [3.05, 3.63) is 12.7 Å². The van der Waals surface area contributed by atoms with Gasteiger partial charge in [-0.2, -0.15) is 0 Å². The number of hydrogen-bond donors (Lipinski definition) is 0. The van der Waals surface area contributed by atoms with Crippen LogP contribution in [0.3, 0.4) is 0 Å². The fourth-order valence-corrected chi connectivity index (χ4v) is 1.10. The van der Waals surface area contributed by atoms with Crippen LogP contribution in [0.15, 0.2) is 12.7 Å². The molecule has 0 bridgehead atoms. The monoisotopic (exact) mass is 272 g/mol. The predicted molar refractivity (Wildman–Crippen MR) is 76.8 cm³/mol. The van der Waals surface area contributed by atoms with Crippen LogP contribution in [0.25, 0.3) is 0 Å². The van der Waals surface area contributed by atoms with Gasteiger partial charge in [0.2, 0.25) is 0 Å². The molecule has 0 aromatic heterocycles. The molecule has 0 N–H and O–H groups in total. The van der Waals surface area contributed by atoms with Crippen LogP contribution in [0, 0.1) is 5.92 Å². The summed E-state index contributed by atoms with van der Waals surface area (Å²) in [7, 11) is 0. The number of carbonyl (C=O) groups is 2. The van der Waals surface area contributed by atoms with Gasteiger partial charge in [-0.05, 0) is 26.7 Å². The molecule has 0 aromatic carbocycles. The quantitative estimate of drug-likeness (QED) is 0.385. The summed E-state index contributed by atoms with van der Waals surface area (Å²) in [6, 6.07) is 0. The fourth-order valence-electron chi connectivity index (χ4n) is 1.10. The Hall–Kier alpha value is -1.32. The van der Waals surface area contributed by atoms with E-state index in [9.17, 15) is 9.59 Å². The summed E-state index contributed by atoms with van der Waals surface area (Å²) in [5.41, 5.74) is 0. The van der Waals surface area contributed by atoms with Gasteiger partial charge in [0.1, 0.15) is 0 Å². The lowest BCUT2D eigenvalue weighted by Crippen LogP contribution is -2.28. The number of unbranched alkanes of at least 4 members (excludes halogenated alkanes) is 1. The van der Waals surface area contributed by atoms with E-state index in [1.807, 2.05) is 0 Å². The molecule has 0 spiro atoms. The number of allylic oxidation sites excluding steroid dienone is 1. The van der Waals surface area contributed by atoms with Crippen molar-refractivity contribution in [2.75, 3.05) is 13.2 Å². The third-order valence-electron chi connectivity index (χ3n) is 2.30. The Bertz CT molecular complexity index is 229. The Morgan fingerprint density at radius 2 is 1.42 bits per heavy atom. The molecule has 0 saturated carbocycles. The van der Waals surface area contributed by atoms with Gasteiger partial charge >= 0.3 is 11.9 Å². The maximum Gasteiger partial charge on any atom is 0.320 e. The van der Waals surface area contributed by atoms with Crippen molar-refractivity contribution in [3.63, 3.8) is 0 Å². The minimum absolute atomic E-state index is 0.267. The lowest BCUT2D eigenvalue weighted by atomic mass is 10.0. The maximum absolute atomic E-state index is 11.4. The smallest absolute Gasteiger partial charge is 0.320 e. The Morgan fingerprint density at radius 1 is 1.00 bits per heavy atom.